The normalized spacial score (nSPS) is 13.6. The van der Waals surface area contributed by atoms with Gasteiger partial charge in [-0.15, -0.1) is 11.3 Å². The maximum absolute atomic E-state index is 13.4. The van der Waals surface area contributed by atoms with Crippen LogP contribution in [-0.4, -0.2) is 5.11 Å². The van der Waals surface area contributed by atoms with Crippen LogP contribution in [0, 0.1) is 5.82 Å². The third-order valence-corrected chi connectivity index (χ3v) is 4.87. The van der Waals surface area contributed by atoms with Crippen LogP contribution >= 0.6 is 22.9 Å². The molecular formula is C15H16ClFOS. The Morgan fingerprint density at radius 1 is 1.21 bits per heavy atom. The molecule has 1 N–H and O–H groups in total. The molecule has 1 aromatic heterocycles. The fraction of sp³-hybridized carbons (Fsp3) is 0.333. The van der Waals surface area contributed by atoms with E-state index in [4.69, 9.17) is 11.6 Å². The first-order chi connectivity index (χ1) is 8.80. The second-order valence-corrected chi connectivity index (χ2v) is 6.99. The molecule has 2 rings (SSSR count). The summed E-state index contributed by atoms with van der Waals surface area (Å²) in [7, 11) is 0. The predicted octanol–water partition coefficient (Wildman–Crippen LogP) is 4.92. The highest BCUT2D eigenvalue weighted by Crippen LogP contribution is 2.36. The Morgan fingerprint density at radius 2 is 1.89 bits per heavy atom. The van der Waals surface area contributed by atoms with E-state index in [-0.39, 0.29) is 10.4 Å². The summed E-state index contributed by atoms with van der Waals surface area (Å²) in [4.78, 5) is 1.95. The Kier molecular flexibility index (Phi) is 4.00. The van der Waals surface area contributed by atoms with Crippen molar-refractivity contribution in [2.45, 2.75) is 32.3 Å². The molecule has 2 aromatic rings. The molecule has 0 saturated carbocycles. The minimum atomic E-state index is -0.885. The molecule has 0 bridgehead atoms. The van der Waals surface area contributed by atoms with Crippen molar-refractivity contribution in [2.75, 3.05) is 0 Å². The van der Waals surface area contributed by atoms with E-state index in [9.17, 15) is 9.50 Å². The van der Waals surface area contributed by atoms with Gasteiger partial charge >= 0.3 is 0 Å². The minimum Gasteiger partial charge on any atom is -0.383 e. The van der Waals surface area contributed by atoms with E-state index >= 15 is 0 Å². The van der Waals surface area contributed by atoms with Crippen LogP contribution in [0.15, 0.2) is 30.3 Å². The summed E-state index contributed by atoms with van der Waals surface area (Å²) in [5.41, 5.74) is 0.443. The first-order valence-electron chi connectivity index (χ1n) is 6.03. The Morgan fingerprint density at radius 3 is 2.47 bits per heavy atom. The van der Waals surface area contributed by atoms with E-state index in [1.54, 1.807) is 12.1 Å². The van der Waals surface area contributed by atoms with E-state index in [0.29, 0.717) is 5.56 Å². The molecule has 4 heteroatoms. The third-order valence-electron chi connectivity index (χ3n) is 2.91. The van der Waals surface area contributed by atoms with Gasteiger partial charge in [0.25, 0.3) is 0 Å². The Hall–Kier alpha value is -0.900. The second-order valence-electron chi connectivity index (χ2n) is 5.50. The highest BCUT2D eigenvalue weighted by molar-refractivity contribution is 7.12. The summed E-state index contributed by atoms with van der Waals surface area (Å²) in [5.74, 6) is -0.509. The maximum atomic E-state index is 13.4. The quantitative estimate of drug-likeness (QED) is 0.834. The molecule has 1 atom stereocenters. The van der Waals surface area contributed by atoms with Crippen LogP contribution in [0.3, 0.4) is 0 Å². The Bertz CT molecular complexity index is 586. The zero-order valence-corrected chi connectivity index (χ0v) is 12.6. The number of aliphatic hydroxyl groups excluding tert-OH is 1. The van der Waals surface area contributed by atoms with Gasteiger partial charge in [-0.1, -0.05) is 44.5 Å². The molecule has 1 aromatic carbocycles. The van der Waals surface area contributed by atoms with Gasteiger partial charge in [0.2, 0.25) is 0 Å². The molecule has 0 aliphatic rings. The van der Waals surface area contributed by atoms with Gasteiger partial charge in [0.1, 0.15) is 11.9 Å². The van der Waals surface area contributed by atoms with Crippen molar-refractivity contribution in [2.24, 2.45) is 0 Å². The van der Waals surface area contributed by atoms with E-state index < -0.39 is 11.9 Å². The number of hydrogen-bond acceptors (Lipinski definition) is 2. The lowest BCUT2D eigenvalue weighted by molar-refractivity contribution is 0.224. The molecule has 0 aliphatic carbocycles. The number of aliphatic hydroxyl groups is 1. The molecule has 1 heterocycles. The van der Waals surface area contributed by atoms with Crippen LogP contribution in [0.4, 0.5) is 4.39 Å². The number of halogens is 2. The first-order valence-corrected chi connectivity index (χ1v) is 7.22. The lowest BCUT2D eigenvalue weighted by atomic mass is 9.95. The van der Waals surface area contributed by atoms with Crippen molar-refractivity contribution in [3.05, 3.63) is 56.5 Å². The lowest BCUT2D eigenvalue weighted by Crippen LogP contribution is -2.07. The van der Waals surface area contributed by atoms with Gasteiger partial charge < -0.3 is 5.11 Å². The standard InChI is InChI=1S/C15H16ClFOS/c1-15(2,3)12-8-7-11(19-12)14(18)9-5-4-6-10(17)13(9)16/h4-8,14,18H,1-3H3. The molecule has 0 fully saturated rings. The van der Waals surface area contributed by atoms with Gasteiger partial charge in [0, 0.05) is 15.3 Å². The zero-order valence-electron chi connectivity index (χ0n) is 11.1. The molecule has 19 heavy (non-hydrogen) atoms. The molecule has 102 valence electrons. The largest absolute Gasteiger partial charge is 0.383 e. The molecule has 0 spiro atoms. The van der Waals surface area contributed by atoms with E-state index in [1.165, 1.54) is 22.3 Å². The fourth-order valence-corrected chi connectivity index (χ4v) is 3.09. The third kappa shape index (κ3) is 2.99. The van der Waals surface area contributed by atoms with E-state index in [0.717, 1.165) is 4.88 Å². The summed E-state index contributed by atoms with van der Waals surface area (Å²) in [5, 5.41) is 10.3. The second kappa shape index (κ2) is 5.23. The lowest BCUT2D eigenvalue weighted by Gasteiger charge is -2.16. The highest BCUT2D eigenvalue weighted by Gasteiger charge is 2.21. The SMILES string of the molecule is CC(C)(C)c1ccc(C(O)c2cccc(F)c2Cl)s1. The van der Waals surface area contributed by atoms with Crippen LogP contribution in [0.25, 0.3) is 0 Å². The number of thiophene rings is 1. The molecule has 0 amide bonds. The molecular weight excluding hydrogens is 283 g/mol. The molecule has 1 nitrogen and oxygen atoms in total. The van der Waals surface area contributed by atoms with Crippen molar-refractivity contribution in [3.8, 4) is 0 Å². The van der Waals surface area contributed by atoms with Crippen molar-refractivity contribution < 1.29 is 9.50 Å². The summed E-state index contributed by atoms with van der Waals surface area (Å²) in [6.45, 7) is 6.35. The Labute approximate surface area is 121 Å². The minimum absolute atomic E-state index is 0.0132. The van der Waals surface area contributed by atoms with Crippen LogP contribution in [0.1, 0.15) is 42.2 Å². The number of benzene rings is 1. The number of hydrogen-bond donors (Lipinski definition) is 1. The van der Waals surface area contributed by atoms with E-state index in [2.05, 4.69) is 20.8 Å². The molecule has 1 unspecified atom stereocenters. The van der Waals surface area contributed by atoms with Gasteiger partial charge in [-0.05, 0) is 23.6 Å². The average Bonchev–Trinajstić information content (AvgIpc) is 2.81. The van der Waals surface area contributed by atoms with Crippen LogP contribution in [0.2, 0.25) is 5.02 Å². The van der Waals surface area contributed by atoms with Crippen LogP contribution in [0.5, 0.6) is 0 Å². The number of rotatable bonds is 2. The zero-order chi connectivity index (χ0) is 14.2. The first kappa shape index (κ1) is 14.5. The van der Waals surface area contributed by atoms with Gasteiger partial charge in [0.15, 0.2) is 0 Å². The summed E-state index contributed by atoms with van der Waals surface area (Å²) in [6, 6.07) is 8.35. The molecule has 0 aliphatic heterocycles. The summed E-state index contributed by atoms with van der Waals surface area (Å²) in [6.07, 6.45) is -0.885. The average molecular weight is 299 g/mol. The van der Waals surface area contributed by atoms with Crippen molar-refractivity contribution in [3.63, 3.8) is 0 Å². The maximum Gasteiger partial charge on any atom is 0.142 e. The molecule has 0 radical (unpaired) electrons. The van der Waals surface area contributed by atoms with Gasteiger partial charge in [-0.25, -0.2) is 4.39 Å². The Balaban J connectivity index is 2.37. The van der Waals surface area contributed by atoms with Gasteiger partial charge in [-0.3, -0.25) is 0 Å². The van der Waals surface area contributed by atoms with Gasteiger partial charge in [-0.2, -0.15) is 0 Å². The van der Waals surface area contributed by atoms with E-state index in [1.807, 2.05) is 12.1 Å². The van der Waals surface area contributed by atoms with Crippen molar-refractivity contribution in [1.29, 1.82) is 0 Å². The van der Waals surface area contributed by atoms with Crippen molar-refractivity contribution >= 4 is 22.9 Å². The predicted molar refractivity (Wildman–Crippen MR) is 78.5 cm³/mol. The highest BCUT2D eigenvalue weighted by atomic mass is 35.5. The monoisotopic (exact) mass is 298 g/mol. The van der Waals surface area contributed by atoms with Crippen LogP contribution < -0.4 is 0 Å². The van der Waals surface area contributed by atoms with Crippen LogP contribution in [-0.2, 0) is 5.41 Å². The molecule has 0 saturated heterocycles. The smallest absolute Gasteiger partial charge is 0.142 e. The van der Waals surface area contributed by atoms with Crippen molar-refractivity contribution in [1.82, 2.24) is 0 Å². The fourth-order valence-electron chi connectivity index (χ4n) is 1.79. The summed E-state index contributed by atoms with van der Waals surface area (Å²) >= 11 is 7.43. The summed E-state index contributed by atoms with van der Waals surface area (Å²) < 4.78 is 13.4. The van der Waals surface area contributed by atoms with Gasteiger partial charge in [0.05, 0.1) is 5.02 Å². The topological polar surface area (TPSA) is 20.2 Å².